The number of phenols is 1. The molecule has 9 nitrogen and oxygen atoms in total. The van der Waals surface area contributed by atoms with Crippen LogP contribution in [0.4, 0.5) is 0 Å². The van der Waals surface area contributed by atoms with E-state index in [4.69, 9.17) is 5.11 Å². The minimum absolute atomic E-state index is 0.0212. The lowest BCUT2D eigenvalue weighted by molar-refractivity contribution is -0.498. The van der Waals surface area contributed by atoms with Crippen molar-refractivity contribution in [3.63, 3.8) is 0 Å². The van der Waals surface area contributed by atoms with Gasteiger partial charge < -0.3 is 10.2 Å². The van der Waals surface area contributed by atoms with E-state index in [0.717, 1.165) is 12.1 Å². The van der Waals surface area contributed by atoms with Crippen LogP contribution in [0.3, 0.4) is 0 Å². The summed E-state index contributed by atoms with van der Waals surface area (Å²) in [6.45, 7) is -1.48. The molecule has 0 saturated heterocycles. The SMILES string of the molecule is O=C(O)c1cc(C[N+](=O)[O-])cc(C[N+](=O)[O-])c1O. The lowest BCUT2D eigenvalue weighted by Crippen LogP contribution is -2.07. The zero-order chi connectivity index (χ0) is 13.9. The lowest BCUT2D eigenvalue weighted by Gasteiger charge is -2.06. The van der Waals surface area contributed by atoms with Crippen LogP contribution in [0.1, 0.15) is 21.5 Å². The molecule has 0 unspecified atom stereocenters. The van der Waals surface area contributed by atoms with Crippen molar-refractivity contribution in [1.82, 2.24) is 0 Å². The van der Waals surface area contributed by atoms with Gasteiger partial charge in [-0.15, -0.1) is 0 Å². The minimum Gasteiger partial charge on any atom is -0.506 e. The van der Waals surface area contributed by atoms with Crippen molar-refractivity contribution >= 4 is 5.97 Å². The van der Waals surface area contributed by atoms with Gasteiger partial charge in [-0.05, 0) is 12.1 Å². The van der Waals surface area contributed by atoms with Gasteiger partial charge in [0, 0.05) is 15.4 Å². The molecule has 0 aliphatic heterocycles. The molecule has 0 heterocycles. The average molecular weight is 256 g/mol. The van der Waals surface area contributed by atoms with Crippen LogP contribution in [0, 0.1) is 20.2 Å². The molecule has 1 rings (SSSR count). The molecule has 0 bridgehead atoms. The molecule has 9 heteroatoms. The Morgan fingerprint density at radius 3 is 2.17 bits per heavy atom. The summed E-state index contributed by atoms with van der Waals surface area (Å²) in [7, 11) is 0. The molecular formula is C9H8N2O7. The molecule has 0 fully saturated rings. The summed E-state index contributed by atoms with van der Waals surface area (Å²) < 4.78 is 0. The van der Waals surface area contributed by atoms with Crippen LogP contribution in [0.15, 0.2) is 12.1 Å². The molecule has 18 heavy (non-hydrogen) atoms. The highest BCUT2D eigenvalue weighted by Gasteiger charge is 2.20. The smallest absolute Gasteiger partial charge is 0.339 e. The molecule has 1 aromatic carbocycles. The third-order valence-corrected chi connectivity index (χ3v) is 2.09. The standard InChI is InChI=1S/C9H8N2O7/c12-8-6(4-11(17)18)1-5(3-10(15)16)2-7(8)9(13)14/h1-2,12H,3-4H2,(H,13,14). The highest BCUT2D eigenvalue weighted by Crippen LogP contribution is 2.25. The Bertz CT molecular complexity index is 526. The quantitative estimate of drug-likeness (QED) is 0.580. The number of aromatic carboxylic acids is 1. The molecule has 2 N–H and O–H groups in total. The van der Waals surface area contributed by atoms with Gasteiger partial charge in [-0.1, -0.05) is 0 Å². The summed E-state index contributed by atoms with van der Waals surface area (Å²) in [6.07, 6.45) is 0. The van der Waals surface area contributed by atoms with Crippen LogP contribution in [-0.2, 0) is 13.1 Å². The van der Waals surface area contributed by atoms with Gasteiger partial charge in [-0.2, -0.15) is 0 Å². The first-order chi connectivity index (χ1) is 8.31. The number of hydrogen-bond donors (Lipinski definition) is 2. The van der Waals surface area contributed by atoms with Gasteiger partial charge in [-0.3, -0.25) is 20.2 Å². The number of rotatable bonds is 5. The first-order valence-electron chi connectivity index (χ1n) is 4.63. The highest BCUT2D eigenvalue weighted by atomic mass is 16.6. The molecule has 0 aliphatic carbocycles. The topological polar surface area (TPSA) is 144 Å². The highest BCUT2D eigenvalue weighted by molar-refractivity contribution is 5.91. The van der Waals surface area contributed by atoms with Gasteiger partial charge in [0.25, 0.3) is 0 Å². The summed E-state index contributed by atoms with van der Waals surface area (Å²) in [5.74, 6) is -2.26. The van der Waals surface area contributed by atoms with E-state index in [1.807, 2.05) is 0 Å². The van der Waals surface area contributed by atoms with E-state index in [2.05, 4.69) is 0 Å². The predicted octanol–water partition coefficient (Wildman–Crippen LogP) is 0.644. The Balaban J connectivity index is 3.31. The van der Waals surface area contributed by atoms with Crippen molar-refractivity contribution in [2.24, 2.45) is 0 Å². The van der Waals surface area contributed by atoms with E-state index in [1.165, 1.54) is 0 Å². The average Bonchev–Trinajstić information content (AvgIpc) is 2.20. The zero-order valence-electron chi connectivity index (χ0n) is 8.90. The van der Waals surface area contributed by atoms with E-state index in [1.54, 1.807) is 0 Å². The fourth-order valence-electron chi connectivity index (χ4n) is 1.42. The van der Waals surface area contributed by atoms with Crippen LogP contribution in [0.25, 0.3) is 0 Å². The van der Waals surface area contributed by atoms with Crippen LogP contribution in [0.2, 0.25) is 0 Å². The Kier molecular flexibility index (Phi) is 3.77. The number of hydrogen-bond acceptors (Lipinski definition) is 6. The maximum atomic E-state index is 10.8. The van der Waals surface area contributed by atoms with Crippen molar-refractivity contribution in [2.45, 2.75) is 13.1 Å². The molecule has 1 aromatic rings. The Morgan fingerprint density at radius 1 is 1.17 bits per heavy atom. The van der Waals surface area contributed by atoms with Gasteiger partial charge in [0.05, 0.1) is 5.56 Å². The van der Waals surface area contributed by atoms with Gasteiger partial charge in [0.2, 0.25) is 13.1 Å². The maximum absolute atomic E-state index is 10.8. The summed E-state index contributed by atoms with van der Waals surface area (Å²) in [5, 5.41) is 39.0. The summed E-state index contributed by atoms with van der Waals surface area (Å²) in [4.78, 5) is 30.0. The van der Waals surface area contributed by atoms with Crippen LogP contribution < -0.4 is 0 Å². The summed E-state index contributed by atoms with van der Waals surface area (Å²) in [6, 6.07) is 1.97. The number of nitrogens with zero attached hydrogens (tertiary/aromatic N) is 2. The first-order valence-corrected chi connectivity index (χ1v) is 4.63. The van der Waals surface area contributed by atoms with Crippen LogP contribution >= 0.6 is 0 Å². The van der Waals surface area contributed by atoms with E-state index in [9.17, 15) is 30.1 Å². The molecule has 0 atom stereocenters. The van der Waals surface area contributed by atoms with Crippen LogP contribution in [0.5, 0.6) is 5.75 Å². The molecule has 0 spiro atoms. The number of aromatic hydroxyl groups is 1. The third-order valence-electron chi connectivity index (χ3n) is 2.09. The van der Waals surface area contributed by atoms with Crippen molar-refractivity contribution in [3.05, 3.63) is 49.1 Å². The minimum atomic E-state index is -1.51. The zero-order valence-corrected chi connectivity index (χ0v) is 8.90. The molecule has 0 amide bonds. The molecule has 0 aromatic heterocycles. The van der Waals surface area contributed by atoms with Gasteiger partial charge >= 0.3 is 5.97 Å². The number of carbonyl (C=O) groups is 1. The van der Waals surface area contributed by atoms with Gasteiger partial charge in [0.1, 0.15) is 11.3 Å². The monoisotopic (exact) mass is 256 g/mol. The van der Waals surface area contributed by atoms with Crippen molar-refractivity contribution in [2.75, 3.05) is 0 Å². The second kappa shape index (κ2) is 5.08. The van der Waals surface area contributed by atoms with Crippen molar-refractivity contribution in [3.8, 4) is 5.75 Å². The lowest BCUT2D eigenvalue weighted by atomic mass is 10.0. The molecule has 0 saturated carbocycles. The van der Waals surface area contributed by atoms with Crippen LogP contribution in [-0.4, -0.2) is 26.0 Å². The normalized spacial score (nSPS) is 10.0. The molecular weight excluding hydrogens is 248 g/mol. The van der Waals surface area contributed by atoms with E-state index in [-0.39, 0.29) is 11.1 Å². The Labute approximate surface area is 99.6 Å². The molecule has 0 aliphatic rings. The van der Waals surface area contributed by atoms with E-state index in [0.29, 0.717) is 0 Å². The number of nitro groups is 2. The molecule has 0 radical (unpaired) electrons. The Hall–Kier alpha value is -2.71. The van der Waals surface area contributed by atoms with E-state index < -0.39 is 40.2 Å². The number of benzene rings is 1. The number of carboxylic acid groups (broad SMARTS) is 1. The third kappa shape index (κ3) is 3.14. The largest absolute Gasteiger partial charge is 0.506 e. The fourth-order valence-corrected chi connectivity index (χ4v) is 1.42. The van der Waals surface area contributed by atoms with Gasteiger partial charge in [-0.25, -0.2) is 4.79 Å². The van der Waals surface area contributed by atoms with Crippen molar-refractivity contribution in [1.29, 1.82) is 0 Å². The van der Waals surface area contributed by atoms with E-state index >= 15 is 0 Å². The summed E-state index contributed by atoms with van der Waals surface area (Å²) in [5.41, 5.74) is -0.880. The maximum Gasteiger partial charge on any atom is 0.339 e. The first kappa shape index (κ1) is 13.4. The van der Waals surface area contributed by atoms with Gasteiger partial charge in [0.15, 0.2) is 0 Å². The fraction of sp³-hybridized carbons (Fsp3) is 0.222. The second-order valence-electron chi connectivity index (χ2n) is 3.44. The molecule has 96 valence electrons. The van der Waals surface area contributed by atoms with Crippen molar-refractivity contribution < 1.29 is 24.9 Å². The number of carboxylic acids is 1. The summed E-state index contributed by atoms with van der Waals surface area (Å²) >= 11 is 0. The predicted molar refractivity (Wildman–Crippen MR) is 56.5 cm³/mol. The Morgan fingerprint density at radius 2 is 1.72 bits per heavy atom. The second-order valence-corrected chi connectivity index (χ2v) is 3.44.